The fourth-order valence-electron chi connectivity index (χ4n) is 5.71. The zero-order valence-corrected chi connectivity index (χ0v) is 25.3. The zero-order chi connectivity index (χ0) is 31.2. The monoisotopic (exact) mass is 593 g/mol. The summed E-state index contributed by atoms with van der Waals surface area (Å²) in [6.45, 7) is 5.95. The third-order valence-corrected chi connectivity index (χ3v) is 7.64. The van der Waals surface area contributed by atoms with E-state index in [1.165, 1.54) is 0 Å². The van der Waals surface area contributed by atoms with E-state index in [1.54, 1.807) is 27.1 Å². The largest absolute Gasteiger partial charge is 0.444 e. The van der Waals surface area contributed by atoms with Crippen LogP contribution in [0.25, 0.3) is 0 Å². The number of alkyl carbamates (subject to hydrolysis) is 1. The summed E-state index contributed by atoms with van der Waals surface area (Å²) in [4.78, 5) is 43.7. The summed E-state index contributed by atoms with van der Waals surface area (Å²) in [7, 11) is 0. The van der Waals surface area contributed by atoms with Crippen molar-refractivity contribution in [3.8, 4) is 0 Å². The molecule has 0 saturated carbocycles. The third kappa shape index (κ3) is 6.89. The lowest BCUT2D eigenvalue weighted by molar-refractivity contribution is -0.132. The third-order valence-electron chi connectivity index (χ3n) is 7.64. The molecule has 9 heteroatoms. The number of benzene rings is 3. The summed E-state index contributed by atoms with van der Waals surface area (Å²) < 4.78 is 7.48. The lowest BCUT2D eigenvalue weighted by Crippen LogP contribution is -2.53. The van der Waals surface area contributed by atoms with Gasteiger partial charge in [-0.05, 0) is 56.8 Å². The summed E-state index contributed by atoms with van der Waals surface area (Å²) in [6.07, 6.45) is 4.43. The van der Waals surface area contributed by atoms with Crippen molar-refractivity contribution in [3.63, 3.8) is 0 Å². The van der Waals surface area contributed by atoms with E-state index in [0.29, 0.717) is 12.1 Å². The van der Waals surface area contributed by atoms with Gasteiger partial charge in [0.25, 0.3) is 0 Å². The molecule has 1 aliphatic heterocycles. The normalized spacial score (nSPS) is 15.8. The maximum atomic E-state index is 13.4. The van der Waals surface area contributed by atoms with Crippen molar-refractivity contribution < 1.29 is 19.1 Å². The maximum Gasteiger partial charge on any atom is 0.408 e. The number of hydrogen-bond donors (Lipinski definition) is 3. The Balaban J connectivity index is 1.52. The molecule has 1 fully saturated rings. The predicted octanol–water partition coefficient (Wildman–Crippen LogP) is 4.55. The number of ether oxygens (including phenoxy) is 1. The first-order chi connectivity index (χ1) is 21.2. The van der Waals surface area contributed by atoms with E-state index in [-0.39, 0.29) is 6.42 Å². The quantitative estimate of drug-likeness (QED) is 0.245. The topological polar surface area (TPSA) is 114 Å². The van der Waals surface area contributed by atoms with Crippen LogP contribution in [0.1, 0.15) is 56.0 Å². The summed E-state index contributed by atoms with van der Waals surface area (Å²) in [5, 5.41) is 8.24. The molecule has 2 atom stereocenters. The second-order valence-electron chi connectivity index (χ2n) is 12.0. The van der Waals surface area contributed by atoms with Gasteiger partial charge in [0.15, 0.2) is 0 Å². The van der Waals surface area contributed by atoms with Crippen LogP contribution in [0.3, 0.4) is 0 Å². The van der Waals surface area contributed by atoms with Gasteiger partial charge >= 0.3 is 6.09 Å². The molecule has 5 rings (SSSR count). The van der Waals surface area contributed by atoms with Crippen LogP contribution >= 0.6 is 0 Å². The van der Waals surface area contributed by atoms with Crippen LogP contribution in [0, 0.1) is 0 Å². The molecule has 0 unspecified atom stereocenters. The Morgan fingerprint density at radius 1 is 0.909 bits per heavy atom. The van der Waals surface area contributed by atoms with Crippen LogP contribution in [0.5, 0.6) is 0 Å². The summed E-state index contributed by atoms with van der Waals surface area (Å²) >= 11 is 0. The van der Waals surface area contributed by atoms with Crippen LogP contribution < -0.4 is 16.0 Å². The van der Waals surface area contributed by atoms with Gasteiger partial charge in [-0.1, -0.05) is 91.0 Å². The Hall–Kier alpha value is -4.76. The second kappa shape index (κ2) is 13.3. The van der Waals surface area contributed by atoms with Gasteiger partial charge in [-0.25, -0.2) is 9.78 Å². The molecule has 1 aliphatic rings. The highest BCUT2D eigenvalue weighted by atomic mass is 16.6. The summed E-state index contributed by atoms with van der Waals surface area (Å²) in [5.74, 6) is -1.03. The molecule has 3 amide bonds. The molecule has 4 aromatic rings. The van der Waals surface area contributed by atoms with E-state index in [0.717, 1.165) is 29.7 Å². The van der Waals surface area contributed by atoms with E-state index >= 15 is 0 Å². The first-order valence-electron chi connectivity index (χ1n) is 14.9. The van der Waals surface area contributed by atoms with Crippen LogP contribution in [-0.4, -0.2) is 51.7 Å². The fourth-order valence-corrected chi connectivity index (χ4v) is 5.71. The minimum atomic E-state index is -1.10. The molecule has 228 valence electrons. The molecule has 3 aromatic carbocycles. The van der Waals surface area contributed by atoms with Crippen LogP contribution in [0.2, 0.25) is 0 Å². The standard InChI is InChI=1S/C35H39N5O4/c1-34(2,3)44-33(43)38-30(32(42)39-31(41)29-20-13-21-36-29)22-28-23-40(24-37-28)35(25-14-7-4-8-15-25,26-16-9-5-10-17-26)27-18-11-6-12-19-27/h4-12,14-19,23-24,29-30,36H,13,20-22H2,1-3H3,(H,38,43)(H,39,41,42)/t29-,30-/m0/s1. The van der Waals surface area contributed by atoms with Gasteiger partial charge in [-0.15, -0.1) is 0 Å². The van der Waals surface area contributed by atoms with E-state index in [1.807, 2.05) is 65.4 Å². The lowest BCUT2D eigenvalue weighted by Gasteiger charge is -2.37. The molecule has 1 saturated heterocycles. The molecule has 0 spiro atoms. The van der Waals surface area contributed by atoms with Crippen LogP contribution in [0.15, 0.2) is 104 Å². The Morgan fingerprint density at radius 3 is 1.93 bits per heavy atom. The van der Waals surface area contributed by atoms with Crippen molar-refractivity contribution in [2.24, 2.45) is 0 Å². The van der Waals surface area contributed by atoms with E-state index in [2.05, 4.69) is 52.3 Å². The number of nitrogens with zero attached hydrogens (tertiary/aromatic N) is 2. The number of hydrogen-bond acceptors (Lipinski definition) is 6. The van der Waals surface area contributed by atoms with Crippen LogP contribution in [0.4, 0.5) is 4.79 Å². The Morgan fingerprint density at radius 2 is 1.45 bits per heavy atom. The molecule has 3 N–H and O–H groups in total. The molecular weight excluding hydrogens is 554 g/mol. The lowest BCUT2D eigenvalue weighted by atomic mass is 9.77. The van der Waals surface area contributed by atoms with E-state index < -0.39 is 41.1 Å². The number of carbonyl (C=O) groups is 3. The van der Waals surface area contributed by atoms with Crippen molar-refractivity contribution in [2.45, 2.75) is 63.3 Å². The molecule has 44 heavy (non-hydrogen) atoms. The van der Waals surface area contributed by atoms with Gasteiger partial charge in [0.2, 0.25) is 11.8 Å². The molecule has 0 radical (unpaired) electrons. The Bertz CT molecular complexity index is 1460. The smallest absolute Gasteiger partial charge is 0.408 e. The van der Waals surface area contributed by atoms with Crippen molar-refractivity contribution in [1.29, 1.82) is 0 Å². The van der Waals surface area contributed by atoms with Gasteiger partial charge in [0, 0.05) is 12.6 Å². The molecule has 0 aliphatic carbocycles. The highest BCUT2D eigenvalue weighted by molar-refractivity contribution is 6.01. The summed E-state index contributed by atoms with van der Waals surface area (Å²) in [5.41, 5.74) is 2.08. The Kier molecular flexibility index (Phi) is 9.25. The van der Waals surface area contributed by atoms with E-state index in [9.17, 15) is 14.4 Å². The van der Waals surface area contributed by atoms with Crippen LogP contribution in [-0.2, 0) is 26.3 Å². The average molecular weight is 594 g/mol. The van der Waals surface area contributed by atoms with Crippen molar-refractivity contribution in [2.75, 3.05) is 6.54 Å². The first-order valence-corrected chi connectivity index (χ1v) is 14.9. The molecule has 1 aromatic heterocycles. The van der Waals surface area contributed by atoms with Crippen molar-refractivity contribution >= 4 is 17.9 Å². The summed E-state index contributed by atoms with van der Waals surface area (Å²) in [6, 6.07) is 29.0. The highest BCUT2D eigenvalue weighted by Crippen LogP contribution is 2.40. The minimum absolute atomic E-state index is 0.0396. The SMILES string of the molecule is CC(C)(C)OC(=O)N[C@@H](Cc1cn(C(c2ccccc2)(c2ccccc2)c2ccccc2)cn1)C(=O)NC(=O)[C@@H]1CCCN1. The molecule has 2 heterocycles. The molecular formula is C35H39N5O4. The number of carbonyl (C=O) groups excluding carboxylic acids is 3. The highest BCUT2D eigenvalue weighted by Gasteiger charge is 2.39. The number of imidazole rings is 1. The number of imide groups is 1. The number of rotatable bonds is 9. The van der Waals surface area contributed by atoms with Gasteiger partial charge in [0.05, 0.1) is 18.1 Å². The maximum absolute atomic E-state index is 13.4. The van der Waals surface area contributed by atoms with Gasteiger partial charge in [-0.3, -0.25) is 14.9 Å². The number of aromatic nitrogens is 2. The van der Waals surface area contributed by atoms with Gasteiger partial charge < -0.3 is 19.9 Å². The Labute approximate surface area is 258 Å². The van der Waals surface area contributed by atoms with Crippen molar-refractivity contribution in [3.05, 3.63) is 126 Å². The molecule has 0 bridgehead atoms. The second-order valence-corrected chi connectivity index (χ2v) is 12.0. The van der Waals surface area contributed by atoms with Gasteiger partial charge in [0.1, 0.15) is 17.2 Å². The number of nitrogens with one attached hydrogen (secondary N) is 3. The van der Waals surface area contributed by atoms with E-state index in [4.69, 9.17) is 9.72 Å². The molecule has 9 nitrogen and oxygen atoms in total. The van der Waals surface area contributed by atoms with Crippen molar-refractivity contribution in [1.82, 2.24) is 25.5 Å². The first kappa shape index (κ1) is 30.7. The number of amides is 3. The predicted molar refractivity (Wildman–Crippen MR) is 168 cm³/mol. The zero-order valence-electron chi connectivity index (χ0n) is 25.3. The average Bonchev–Trinajstić information content (AvgIpc) is 3.72. The minimum Gasteiger partial charge on any atom is -0.444 e. The van der Waals surface area contributed by atoms with Gasteiger partial charge in [-0.2, -0.15) is 0 Å². The fraction of sp³-hybridized carbons (Fsp3) is 0.314.